The van der Waals surface area contributed by atoms with E-state index in [1.165, 1.54) is 0 Å². The highest BCUT2D eigenvalue weighted by atomic mass is 16.5. The van der Waals surface area contributed by atoms with Crippen molar-refractivity contribution in [3.63, 3.8) is 0 Å². The van der Waals surface area contributed by atoms with Gasteiger partial charge in [-0.2, -0.15) is 5.10 Å². The van der Waals surface area contributed by atoms with E-state index in [0.29, 0.717) is 24.5 Å². The van der Waals surface area contributed by atoms with Crippen molar-refractivity contribution in [2.75, 3.05) is 6.61 Å². The summed E-state index contributed by atoms with van der Waals surface area (Å²) in [6.07, 6.45) is 3.39. The molecule has 0 saturated carbocycles. The molecule has 29 heavy (non-hydrogen) atoms. The molecule has 0 saturated heterocycles. The highest BCUT2D eigenvalue weighted by Gasteiger charge is 2.06. The van der Waals surface area contributed by atoms with E-state index in [-0.39, 0.29) is 5.91 Å². The van der Waals surface area contributed by atoms with Crippen molar-refractivity contribution < 1.29 is 14.3 Å². The molecule has 0 aliphatic carbocycles. The zero-order valence-electron chi connectivity index (χ0n) is 16.5. The van der Waals surface area contributed by atoms with E-state index in [1.807, 2.05) is 62.4 Å². The number of nitrogens with zero attached hydrogens (tertiary/aromatic N) is 2. The van der Waals surface area contributed by atoms with Crippen LogP contribution in [0.4, 0.5) is 0 Å². The summed E-state index contributed by atoms with van der Waals surface area (Å²) in [5.41, 5.74) is 5.60. The first-order valence-corrected chi connectivity index (χ1v) is 9.35. The minimum absolute atomic E-state index is 0.271. The fourth-order valence-corrected chi connectivity index (χ4v) is 2.56. The molecule has 0 atom stereocenters. The van der Waals surface area contributed by atoms with Crippen molar-refractivity contribution >= 4 is 11.6 Å². The zero-order chi connectivity index (χ0) is 20.5. The summed E-state index contributed by atoms with van der Waals surface area (Å²) in [5.74, 6) is 1.30. The predicted octanol–water partition coefficient (Wildman–Crippen LogP) is 4.21. The van der Waals surface area contributed by atoms with Crippen LogP contribution in [0.3, 0.4) is 0 Å². The Hall–Kier alpha value is -3.67. The Morgan fingerprint density at radius 3 is 2.28 bits per heavy atom. The average Bonchev–Trinajstić information content (AvgIpc) is 2.78. The van der Waals surface area contributed by atoms with E-state index >= 15 is 0 Å². The highest BCUT2D eigenvalue weighted by molar-refractivity contribution is 6.00. The fourth-order valence-electron chi connectivity index (χ4n) is 2.56. The molecule has 3 rings (SSSR count). The molecule has 6 heteroatoms. The summed E-state index contributed by atoms with van der Waals surface area (Å²) in [7, 11) is 0. The molecule has 2 aromatic carbocycles. The number of benzene rings is 2. The number of pyridine rings is 1. The molecule has 0 spiro atoms. The topological polar surface area (TPSA) is 72.8 Å². The second kappa shape index (κ2) is 10.0. The minimum atomic E-state index is -0.271. The monoisotopic (exact) mass is 389 g/mol. The first-order chi connectivity index (χ1) is 14.2. The Labute approximate surface area is 170 Å². The molecule has 148 valence electrons. The Morgan fingerprint density at radius 1 is 0.966 bits per heavy atom. The average molecular weight is 389 g/mol. The maximum Gasteiger partial charge on any atom is 0.271 e. The van der Waals surface area contributed by atoms with Crippen LogP contribution in [0.2, 0.25) is 0 Å². The maximum atomic E-state index is 12.3. The van der Waals surface area contributed by atoms with E-state index in [1.54, 1.807) is 24.5 Å². The Balaban J connectivity index is 1.53. The maximum absolute atomic E-state index is 12.3. The second-order valence-corrected chi connectivity index (χ2v) is 6.27. The normalized spacial score (nSPS) is 11.0. The smallest absolute Gasteiger partial charge is 0.271 e. The molecule has 1 N–H and O–H groups in total. The van der Waals surface area contributed by atoms with Crippen LogP contribution in [-0.2, 0) is 6.61 Å². The number of hydrogen-bond acceptors (Lipinski definition) is 5. The van der Waals surface area contributed by atoms with Crippen LogP contribution in [-0.4, -0.2) is 23.2 Å². The largest absolute Gasteiger partial charge is 0.494 e. The fraction of sp³-hybridized carbons (Fsp3) is 0.174. The van der Waals surface area contributed by atoms with E-state index in [9.17, 15) is 4.79 Å². The van der Waals surface area contributed by atoms with Crippen molar-refractivity contribution in [2.45, 2.75) is 20.5 Å². The van der Waals surface area contributed by atoms with Crippen LogP contribution in [0.5, 0.6) is 11.5 Å². The third-order valence-corrected chi connectivity index (χ3v) is 4.16. The minimum Gasteiger partial charge on any atom is -0.494 e. The van der Waals surface area contributed by atoms with Crippen molar-refractivity contribution in [2.24, 2.45) is 5.10 Å². The molecule has 0 aliphatic heterocycles. The number of hydrogen-bond donors (Lipinski definition) is 1. The van der Waals surface area contributed by atoms with Gasteiger partial charge in [-0.15, -0.1) is 0 Å². The molecule has 3 aromatic rings. The van der Waals surface area contributed by atoms with E-state index < -0.39 is 0 Å². The lowest BCUT2D eigenvalue weighted by atomic mass is 10.1. The van der Waals surface area contributed by atoms with Crippen LogP contribution in [0.1, 0.15) is 35.3 Å². The van der Waals surface area contributed by atoms with Crippen LogP contribution >= 0.6 is 0 Å². The van der Waals surface area contributed by atoms with Gasteiger partial charge in [-0.3, -0.25) is 9.78 Å². The number of ether oxygens (including phenoxy) is 2. The van der Waals surface area contributed by atoms with Gasteiger partial charge in [-0.1, -0.05) is 18.2 Å². The molecule has 0 aliphatic rings. The van der Waals surface area contributed by atoms with Gasteiger partial charge in [0.25, 0.3) is 5.91 Å². The van der Waals surface area contributed by atoms with Crippen LogP contribution < -0.4 is 14.9 Å². The predicted molar refractivity (Wildman–Crippen MR) is 112 cm³/mol. The molecule has 0 unspecified atom stereocenters. The van der Waals surface area contributed by atoms with Gasteiger partial charge in [0.1, 0.15) is 18.1 Å². The third-order valence-electron chi connectivity index (χ3n) is 4.16. The Bertz CT molecular complexity index is 953. The Morgan fingerprint density at radius 2 is 1.66 bits per heavy atom. The summed E-state index contributed by atoms with van der Waals surface area (Å²) in [6, 6.07) is 18.4. The molecular formula is C23H23N3O3. The third kappa shape index (κ3) is 5.90. The van der Waals surface area contributed by atoms with Gasteiger partial charge in [0.15, 0.2) is 0 Å². The molecule has 0 bridgehead atoms. The lowest BCUT2D eigenvalue weighted by Gasteiger charge is -2.08. The quantitative estimate of drug-likeness (QED) is 0.463. The summed E-state index contributed by atoms with van der Waals surface area (Å²) in [6.45, 7) is 4.81. The number of rotatable bonds is 8. The first kappa shape index (κ1) is 20.1. The van der Waals surface area contributed by atoms with E-state index in [4.69, 9.17) is 9.47 Å². The summed E-state index contributed by atoms with van der Waals surface area (Å²) in [5, 5.41) is 4.13. The Kier molecular flexibility index (Phi) is 6.95. The first-order valence-electron chi connectivity index (χ1n) is 9.35. The summed E-state index contributed by atoms with van der Waals surface area (Å²) < 4.78 is 11.2. The molecule has 6 nitrogen and oxygen atoms in total. The van der Waals surface area contributed by atoms with Crippen LogP contribution in [0, 0.1) is 0 Å². The van der Waals surface area contributed by atoms with E-state index in [0.717, 1.165) is 22.6 Å². The summed E-state index contributed by atoms with van der Waals surface area (Å²) in [4.78, 5) is 16.3. The van der Waals surface area contributed by atoms with E-state index in [2.05, 4.69) is 15.5 Å². The van der Waals surface area contributed by atoms with Gasteiger partial charge in [0.2, 0.25) is 0 Å². The molecule has 0 fully saturated rings. The van der Waals surface area contributed by atoms with Gasteiger partial charge in [-0.05, 0) is 61.9 Å². The molecule has 1 aromatic heterocycles. The lowest BCUT2D eigenvalue weighted by molar-refractivity contribution is 0.0955. The SMILES string of the molecule is CCOc1ccc(OCc2ccc(C(=O)N/N=C(\C)c3cccnc3)cc2)cc1. The van der Waals surface area contributed by atoms with Gasteiger partial charge < -0.3 is 9.47 Å². The number of nitrogens with one attached hydrogen (secondary N) is 1. The number of carbonyl (C=O) groups excluding carboxylic acids is 1. The van der Waals surface area contributed by atoms with Crippen molar-refractivity contribution in [3.05, 3.63) is 89.7 Å². The number of carbonyl (C=O) groups is 1. The molecular weight excluding hydrogens is 366 g/mol. The summed E-state index contributed by atoms with van der Waals surface area (Å²) >= 11 is 0. The van der Waals surface area contributed by atoms with Gasteiger partial charge in [0, 0.05) is 23.5 Å². The van der Waals surface area contributed by atoms with Gasteiger partial charge in [0.05, 0.1) is 12.3 Å². The lowest BCUT2D eigenvalue weighted by Crippen LogP contribution is -2.19. The van der Waals surface area contributed by atoms with Crippen LogP contribution in [0.25, 0.3) is 0 Å². The standard InChI is InChI=1S/C23H23N3O3/c1-3-28-21-10-12-22(13-11-21)29-16-18-6-8-19(9-7-18)23(27)26-25-17(2)20-5-4-14-24-15-20/h4-15H,3,16H2,1-2H3,(H,26,27)/b25-17+. The highest BCUT2D eigenvalue weighted by Crippen LogP contribution is 2.18. The van der Waals surface area contributed by atoms with Crippen molar-refractivity contribution in [3.8, 4) is 11.5 Å². The molecule has 1 heterocycles. The zero-order valence-corrected chi connectivity index (χ0v) is 16.5. The van der Waals surface area contributed by atoms with Crippen molar-refractivity contribution in [1.29, 1.82) is 0 Å². The number of aromatic nitrogens is 1. The van der Waals surface area contributed by atoms with Gasteiger partial charge >= 0.3 is 0 Å². The number of hydrazone groups is 1. The van der Waals surface area contributed by atoms with Crippen molar-refractivity contribution in [1.82, 2.24) is 10.4 Å². The van der Waals surface area contributed by atoms with Crippen LogP contribution in [0.15, 0.2) is 78.2 Å². The molecule has 1 amide bonds. The van der Waals surface area contributed by atoms with Gasteiger partial charge in [-0.25, -0.2) is 5.43 Å². The number of amides is 1. The second-order valence-electron chi connectivity index (χ2n) is 6.27. The molecule has 0 radical (unpaired) electrons.